The number of hydrogen-bond donors (Lipinski definition) is 0. The molecule has 1 atom stereocenters. The second-order valence-electron chi connectivity index (χ2n) is 9.76. The summed E-state index contributed by atoms with van der Waals surface area (Å²) < 4.78 is 40.2. The van der Waals surface area contributed by atoms with Crippen LogP contribution in [0.25, 0.3) is 0 Å². The number of hydrogen-bond acceptors (Lipinski definition) is 6. The second kappa shape index (κ2) is 8.86. The van der Waals surface area contributed by atoms with Crippen molar-refractivity contribution in [2.45, 2.75) is 56.0 Å². The number of benzene rings is 2. The van der Waals surface area contributed by atoms with E-state index in [4.69, 9.17) is 9.47 Å². The molecule has 0 radical (unpaired) electrons. The average molecular weight is 496 g/mol. The molecule has 1 amide bonds. The first-order chi connectivity index (χ1) is 17.0. The van der Waals surface area contributed by atoms with Gasteiger partial charge in [0.2, 0.25) is 12.7 Å². The van der Waals surface area contributed by atoms with E-state index in [9.17, 15) is 13.2 Å². The van der Waals surface area contributed by atoms with Gasteiger partial charge >= 0.3 is 0 Å². The monoisotopic (exact) mass is 495 g/mol. The summed E-state index contributed by atoms with van der Waals surface area (Å²) in [6.45, 7) is 1.93. The summed E-state index contributed by atoms with van der Waals surface area (Å²) in [4.78, 5) is 18.2. The predicted octanol–water partition coefficient (Wildman–Crippen LogP) is 3.55. The number of amides is 1. The van der Waals surface area contributed by atoms with Gasteiger partial charge in [-0.1, -0.05) is 31.0 Å². The normalized spacial score (nSPS) is 22.7. The zero-order valence-corrected chi connectivity index (χ0v) is 20.4. The fourth-order valence-corrected chi connectivity index (χ4v) is 6.99. The SMILES string of the molecule is O=C([C@H]1CCCN(C2=NS(=O)(=O)c3ccccc32)C1)N(Cc1ccc2c(c1)OCO2)C1CCCC1. The van der Waals surface area contributed by atoms with Crippen molar-refractivity contribution >= 4 is 21.8 Å². The third-order valence-corrected chi connectivity index (χ3v) is 8.85. The van der Waals surface area contributed by atoms with Crippen LogP contribution in [0.2, 0.25) is 0 Å². The Morgan fingerprint density at radius 2 is 1.83 bits per heavy atom. The van der Waals surface area contributed by atoms with Gasteiger partial charge in [-0.15, -0.1) is 4.40 Å². The molecule has 0 unspecified atom stereocenters. The van der Waals surface area contributed by atoms with Crippen LogP contribution in [-0.2, 0) is 21.4 Å². The van der Waals surface area contributed by atoms with E-state index in [-0.39, 0.29) is 29.6 Å². The fraction of sp³-hybridized carbons (Fsp3) is 0.462. The Balaban J connectivity index is 1.24. The minimum Gasteiger partial charge on any atom is -0.454 e. The summed E-state index contributed by atoms with van der Waals surface area (Å²) >= 11 is 0. The maximum Gasteiger partial charge on any atom is 0.285 e. The topological polar surface area (TPSA) is 88.5 Å². The van der Waals surface area contributed by atoms with Crippen LogP contribution in [0.5, 0.6) is 11.5 Å². The molecule has 0 aromatic heterocycles. The van der Waals surface area contributed by atoms with Crippen LogP contribution < -0.4 is 9.47 Å². The quantitative estimate of drug-likeness (QED) is 0.645. The molecule has 2 aromatic carbocycles. The Labute approximate surface area is 205 Å². The van der Waals surface area contributed by atoms with Crippen molar-refractivity contribution in [3.8, 4) is 11.5 Å². The predicted molar refractivity (Wildman–Crippen MR) is 130 cm³/mol. The van der Waals surface area contributed by atoms with Crippen LogP contribution in [0, 0.1) is 5.92 Å². The zero-order chi connectivity index (χ0) is 24.0. The summed E-state index contributed by atoms with van der Waals surface area (Å²) in [5, 5.41) is 0. The van der Waals surface area contributed by atoms with Crippen LogP contribution >= 0.6 is 0 Å². The molecule has 0 bridgehead atoms. The maximum absolute atomic E-state index is 13.9. The summed E-state index contributed by atoms with van der Waals surface area (Å²) in [6.07, 6.45) is 5.92. The van der Waals surface area contributed by atoms with Crippen LogP contribution in [0.1, 0.15) is 49.7 Å². The molecule has 3 heterocycles. The third-order valence-electron chi connectivity index (χ3n) is 7.52. The van der Waals surface area contributed by atoms with Gasteiger partial charge in [-0.3, -0.25) is 4.79 Å². The molecule has 1 aliphatic carbocycles. The van der Waals surface area contributed by atoms with E-state index < -0.39 is 10.0 Å². The zero-order valence-electron chi connectivity index (χ0n) is 19.6. The van der Waals surface area contributed by atoms with Crippen LogP contribution in [0.15, 0.2) is 51.8 Å². The third kappa shape index (κ3) is 4.16. The van der Waals surface area contributed by atoms with Gasteiger partial charge in [0.05, 0.1) is 5.92 Å². The van der Waals surface area contributed by atoms with Gasteiger partial charge in [0.25, 0.3) is 10.0 Å². The number of carbonyl (C=O) groups is 1. The Morgan fingerprint density at radius 1 is 1.03 bits per heavy atom. The highest BCUT2D eigenvalue weighted by Gasteiger charge is 2.38. The van der Waals surface area contributed by atoms with Gasteiger partial charge in [0.15, 0.2) is 17.3 Å². The van der Waals surface area contributed by atoms with Crippen molar-refractivity contribution < 1.29 is 22.7 Å². The number of nitrogens with zero attached hydrogens (tertiary/aromatic N) is 3. The molecule has 6 rings (SSSR count). The molecule has 1 saturated heterocycles. The Morgan fingerprint density at radius 3 is 2.69 bits per heavy atom. The van der Waals surface area contributed by atoms with E-state index >= 15 is 0 Å². The number of sulfonamides is 1. The van der Waals surface area contributed by atoms with E-state index in [1.807, 2.05) is 29.2 Å². The second-order valence-corrected chi connectivity index (χ2v) is 11.3. The summed E-state index contributed by atoms with van der Waals surface area (Å²) in [7, 11) is -3.69. The van der Waals surface area contributed by atoms with Crippen molar-refractivity contribution in [3.05, 3.63) is 53.6 Å². The first-order valence-corrected chi connectivity index (χ1v) is 13.8. The molecule has 2 aromatic rings. The van der Waals surface area contributed by atoms with E-state index in [1.165, 1.54) is 0 Å². The largest absolute Gasteiger partial charge is 0.454 e. The minimum absolute atomic E-state index is 0.147. The van der Waals surface area contributed by atoms with E-state index in [0.29, 0.717) is 31.0 Å². The Kier molecular flexibility index (Phi) is 5.67. The molecule has 0 spiro atoms. The lowest BCUT2D eigenvalue weighted by molar-refractivity contribution is -0.139. The van der Waals surface area contributed by atoms with E-state index in [0.717, 1.165) is 55.6 Å². The maximum atomic E-state index is 13.9. The first kappa shape index (κ1) is 22.4. The molecule has 2 fully saturated rings. The first-order valence-electron chi connectivity index (χ1n) is 12.4. The highest BCUT2D eigenvalue weighted by atomic mass is 32.2. The van der Waals surface area contributed by atoms with Gasteiger partial charge in [0.1, 0.15) is 4.90 Å². The lowest BCUT2D eigenvalue weighted by Crippen LogP contribution is -2.48. The van der Waals surface area contributed by atoms with Gasteiger partial charge in [-0.25, -0.2) is 0 Å². The number of piperidine rings is 1. The molecule has 35 heavy (non-hydrogen) atoms. The fourth-order valence-electron chi connectivity index (χ4n) is 5.76. The Bertz CT molecular complexity index is 1290. The molecule has 184 valence electrons. The molecular weight excluding hydrogens is 466 g/mol. The van der Waals surface area contributed by atoms with Crippen LogP contribution in [0.4, 0.5) is 0 Å². The van der Waals surface area contributed by atoms with E-state index in [1.54, 1.807) is 18.2 Å². The molecule has 4 aliphatic rings. The number of amidine groups is 1. The molecule has 9 heteroatoms. The number of carbonyl (C=O) groups excluding carboxylic acids is 1. The van der Waals surface area contributed by atoms with Crippen LogP contribution in [-0.4, -0.2) is 55.9 Å². The van der Waals surface area contributed by atoms with Crippen molar-refractivity contribution in [1.82, 2.24) is 9.80 Å². The average Bonchev–Trinajstić information content (AvgIpc) is 3.62. The van der Waals surface area contributed by atoms with Gasteiger partial charge in [-0.05, 0) is 55.5 Å². The molecule has 8 nitrogen and oxygen atoms in total. The number of fused-ring (bicyclic) bond motifs is 2. The van der Waals surface area contributed by atoms with Gasteiger partial charge in [0, 0.05) is 31.2 Å². The summed E-state index contributed by atoms with van der Waals surface area (Å²) in [5.41, 5.74) is 1.66. The smallest absolute Gasteiger partial charge is 0.285 e. The minimum atomic E-state index is -3.69. The van der Waals surface area contributed by atoms with Crippen molar-refractivity contribution in [3.63, 3.8) is 0 Å². The van der Waals surface area contributed by atoms with Crippen molar-refractivity contribution in [1.29, 1.82) is 0 Å². The molecule has 0 N–H and O–H groups in total. The molecular formula is C26H29N3O5S. The van der Waals surface area contributed by atoms with Crippen molar-refractivity contribution in [2.75, 3.05) is 19.9 Å². The van der Waals surface area contributed by atoms with Crippen molar-refractivity contribution in [2.24, 2.45) is 10.3 Å². The molecule has 1 saturated carbocycles. The molecule has 3 aliphatic heterocycles. The number of likely N-dealkylation sites (tertiary alicyclic amines) is 1. The summed E-state index contributed by atoms with van der Waals surface area (Å²) in [6, 6.07) is 13.1. The summed E-state index contributed by atoms with van der Waals surface area (Å²) in [5.74, 6) is 1.89. The standard InChI is InChI=1S/C26H29N3O5S/c30-26(29(20-7-1-2-8-20)15-18-11-12-22-23(14-18)34-17-33-22)19-6-5-13-28(16-19)25-21-9-3-4-10-24(21)35(31,32)27-25/h3-4,9-12,14,19-20H,1-2,5-8,13,15-17H2/t19-/m0/s1. The lowest BCUT2D eigenvalue weighted by Gasteiger charge is -2.38. The van der Waals surface area contributed by atoms with Gasteiger partial charge in [-0.2, -0.15) is 8.42 Å². The van der Waals surface area contributed by atoms with Gasteiger partial charge < -0.3 is 19.3 Å². The Hall–Kier alpha value is -3.07. The van der Waals surface area contributed by atoms with Crippen LogP contribution in [0.3, 0.4) is 0 Å². The number of ether oxygens (including phenoxy) is 2. The lowest BCUT2D eigenvalue weighted by atomic mass is 9.94. The highest BCUT2D eigenvalue weighted by Crippen LogP contribution is 2.35. The highest BCUT2D eigenvalue weighted by molar-refractivity contribution is 7.90. The number of rotatable bonds is 4. The van der Waals surface area contributed by atoms with E-state index in [2.05, 4.69) is 9.30 Å².